The molecular weight excluding hydrogens is 238 g/mol. The lowest BCUT2D eigenvalue weighted by atomic mass is 9.98. The van der Waals surface area contributed by atoms with Crippen molar-refractivity contribution >= 4 is 5.82 Å². The Morgan fingerprint density at radius 1 is 1.21 bits per heavy atom. The summed E-state index contributed by atoms with van der Waals surface area (Å²) in [6, 6.07) is 11.8. The van der Waals surface area contributed by atoms with Crippen LogP contribution in [-0.4, -0.2) is 18.6 Å². The van der Waals surface area contributed by atoms with Gasteiger partial charge < -0.3 is 15.8 Å². The fourth-order valence-electron chi connectivity index (χ4n) is 2.16. The van der Waals surface area contributed by atoms with Gasteiger partial charge in [0.05, 0.1) is 12.6 Å². The van der Waals surface area contributed by atoms with Gasteiger partial charge >= 0.3 is 0 Å². The van der Waals surface area contributed by atoms with E-state index in [9.17, 15) is 0 Å². The Bertz CT molecular complexity index is 542. The van der Waals surface area contributed by atoms with Crippen LogP contribution in [-0.2, 0) is 0 Å². The van der Waals surface area contributed by atoms with Gasteiger partial charge in [0.15, 0.2) is 0 Å². The SMILES string of the molecule is CCOc1ccccc1C(NC)c1cccnc1N. The van der Waals surface area contributed by atoms with Gasteiger partial charge in [-0.15, -0.1) is 0 Å². The van der Waals surface area contributed by atoms with E-state index < -0.39 is 0 Å². The second kappa shape index (κ2) is 6.20. The molecule has 2 aromatic rings. The van der Waals surface area contributed by atoms with Gasteiger partial charge in [-0.3, -0.25) is 0 Å². The Morgan fingerprint density at radius 2 is 1.95 bits per heavy atom. The molecule has 1 heterocycles. The van der Waals surface area contributed by atoms with Crippen LogP contribution in [0.3, 0.4) is 0 Å². The zero-order chi connectivity index (χ0) is 13.7. The third kappa shape index (κ3) is 2.85. The summed E-state index contributed by atoms with van der Waals surface area (Å²) in [5, 5.41) is 3.27. The quantitative estimate of drug-likeness (QED) is 0.863. The topological polar surface area (TPSA) is 60.2 Å². The van der Waals surface area contributed by atoms with Gasteiger partial charge in [0.1, 0.15) is 11.6 Å². The van der Waals surface area contributed by atoms with Crippen molar-refractivity contribution in [3.05, 3.63) is 53.7 Å². The van der Waals surface area contributed by atoms with Crippen molar-refractivity contribution in [3.63, 3.8) is 0 Å². The normalized spacial score (nSPS) is 12.1. The molecule has 0 aliphatic carbocycles. The highest BCUT2D eigenvalue weighted by atomic mass is 16.5. The molecule has 0 saturated carbocycles. The standard InChI is InChI=1S/C15H19N3O/c1-3-19-13-9-5-4-7-11(13)14(17-2)12-8-6-10-18-15(12)16/h4-10,14,17H,3H2,1-2H3,(H2,16,18). The second-order valence-electron chi connectivity index (χ2n) is 4.17. The highest BCUT2D eigenvalue weighted by Crippen LogP contribution is 2.31. The molecule has 4 heteroatoms. The maximum atomic E-state index is 5.97. The van der Waals surface area contributed by atoms with Crippen LogP contribution in [0.15, 0.2) is 42.6 Å². The zero-order valence-electron chi connectivity index (χ0n) is 11.3. The van der Waals surface area contributed by atoms with E-state index in [2.05, 4.69) is 10.3 Å². The molecule has 0 spiro atoms. The number of pyridine rings is 1. The lowest BCUT2D eigenvalue weighted by Gasteiger charge is -2.21. The first-order chi connectivity index (χ1) is 9.27. The number of hydrogen-bond acceptors (Lipinski definition) is 4. The summed E-state index contributed by atoms with van der Waals surface area (Å²) in [7, 11) is 1.90. The molecule has 4 nitrogen and oxygen atoms in total. The molecule has 0 radical (unpaired) electrons. The van der Waals surface area contributed by atoms with E-state index in [1.54, 1.807) is 6.20 Å². The molecule has 2 rings (SSSR count). The average molecular weight is 257 g/mol. The van der Waals surface area contributed by atoms with E-state index in [1.165, 1.54) is 0 Å². The summed E-state index contributed by atoms with van der Waals surface area (Å²) in [6.45, 7) is 2.61. The predicted molar refractivity (Wildman–Crippen MR) is 77.2 cm³/mol. The van der Waals surface area contributed by atoms with Crippen molar-refractivity contribution in [3.8, 4) is 5.75 Å². The number of ether oxygens (including phenoxy) is 1. The third-order valence-corrected chi connectivity index (χ3v) is 3.00. The van der Waals surface area contributed by atoms with E-state index in [4.69, 9.17) is 10.5 Å². The average Bonchev–Trinajstić information content (AvgIpc) is 2.44. The summed E-state index contributed by atoms with van der Waals surface area (Å²) in [5.41, 5.74) is 7.98. The van der Waals surface area contributed by atoms with Crippen LogP contribution < -0.4 is 15.8 Å². The first kappa shape index (κ1) is 13.4. The second-order valence-corrected chi connectivity index (χ2v) is 4.17. The van der Waals surface area contributed by atoms with Crippen molar-refractivity contribution < 1.29 is 4.74 Å². The van der Waals surface area contributed by atoms with Gasteiger partial charge in [0.2, 0.25) is 0 Å². The van der Waals surface area contributed by atoms with Crippen LogP contribution in [0.4, 0.5) is 5.82 Å². The molecule has 1 unspecified atom stereocenters. The Kier molecular flexibility index (Phi) is 4.36. The number of nitrogens with two attached hydrogens (primary N) is 1. The molecule has 0 fully saturated rings. The van der Waals surface area contributed by atoms with Crippen LogP contribution >= 0.6 is 0 Å². The van der Waals surface area contributed by atoms with Gasteiger partial charge in [-0.2, -0.15) is 0 Å². The Balaban J connectivity index is 2.45. The number of rotatable bonds is 5. The van der Waals surface area contributed by atoms with Crippen LogP contribution in [0.2, 0.25) is 0 Å². The minimum absolute atomic E-state index is 0.0311. The van der Waals surface area contributed by atoms with Crippen LogP contribution in [0.25, 0.3) is 0 Å². The van der Waals surface area contributed by atoms with Crippen LogP contribution in [0.1, 0.15) is 24.1 Å². The third-order valence-electron chi connectivity index (χ3n) is 3.00. The number of benzene rings is 1. The largest absolute Gasteiger partial charge is 0.494 e. The van der Waals surface area contributed by atoms with Gasteiger partial charge in [-0.05, 0) is 26.1 Å². The summed E-state index contributed by atoms with van der Waals surface area (Å²) in [6.07, 6.45) is 1.69. The first-order valence-electron chi connectivity index (χ1n) is 6.37. The number of para-hydroxylation sites is 1. The summed E-state index contributed by atoms with van der Waals surface area (Å²) >= 11 is 0. The molecule has 1 atom stereocenters. The molecule has 0 aliphatic heterocycles. The first-order valence-corrected chi connectivity index (χ1v) is 6.37. The molecule has 1 aromatic carbocycles. The van der Waals surface area contributed by atoms with Gasteiger partial charge in [0.25, 0.3) is 0 Å². The highest BCUT2D eigenvalue weighted by Gasteiger charge is 2.18. The maximum Gasteiger partial charge on any atom is 0.128 e. The van der Waals surface area contributed by atoms with E-state index in [-0.39, 0.29) is 6.04 Å². The number of nitrogens with zero attached hydrogens (tertiary/aromatic N) is 1. The minimum Gasteiger partial charge on any atom is -0.494 e. The smallest absolute Gasteiger partial charge is 0.128 e. The fourth-order valence-corrected chi connectivity index (χ4v) is 2.16. The minimum atomic E-state index is -0.0311. The molecule has 0 saturated heterocycles. The summed E-state index contributed by atoms with van der Waals surface area (Å²) in [4.78, 5) is 4.15. The van der Waals surface area contributed by atoms with E-state index >= 15 is 0 Å². The monoisotopic (exact) mass is 257 g/mol. The van der Waals surface area contributed by atoms with Crippen molar-refractivity contribution in [2.75, 3.05) is 19.4 Å². The predicted octanol–water partition coefficient (Wildman–Crippen LogP) is 2.37. The molecule has 3 N–H and O–H groups in total. The molecule has 0 amide bonds. The molecule has 0 aliphatic rings. The Hall–Kier alpha value is -2.07. The van der Waals surface area contributed by atoms with Gasteiger partial charge in [0, 0.05) is 17.3 Å². The number of anilines is 1. The molecular formula is C15H19N3O. The summed E-state index contributed by atoms with van der Waals surface area (Å²) in [5.74, 6) is 1.40. The van der Waals surface area contributed by atoms with E-state index in [0.717, 1.165) is 16.9 Å². The Morgan fingerprint density at radius 3 is 2.63 bits per heavy atom. The summed E-state index contributed by atoms with van der Waals surface area (Å²) < 4.78 is 5.68. The van der Waals surface area contributed by atoms with Crippen molar-refractivity contribution in [1.82, 2.24) is 10.3 Å². The highest BCUT2D eigenvalue weighted by molar-refractivity contribution is 5.49. The maximum absolute atomic E-state index is 5.97. The van der Waals surface area contributed by atoms with Gasteiger partial charge in [-0.25, -0.2) is 4.98 Å². The number of hydrogen-bond donors (Lipinski definition) is 2. The van der Waals surface area contributed by atoms with Crippen molar-refractivity contribution in [1.29, 1.82) is 0 Å². The van der Waals surface area contributed by atoms with E-state index in [0.29, 0.717) is 12.4 Å². The van der Waals surface area contributed by atoms with E-state index in [1.807, 2.05) is 50.4 Å². The number of nitrogen functional groups attached to an aromatic ring is 1. The number of aromatic nitrogens is 1. The molecule has 19 heavy (non-hydrogen) atoms. The fraction of sp³-hybridized carbons (Fsp3) is 0.267. The lowest BCUT2D eigenvalue weighted by Crippen LogP contribution is -2.20. The van der Waals surface area contributed by atoms with Crippen LogP contribution in [0, 0.1) is 0 Å². The molecule has 1 aromatic heterocycles. The number of nitrogens with one attached hydrogen (secondary N) is 1. The molecule has 0 bridgehead atoms. The van der Waals surface area contributed by atoms with Crippen molar-refractivity contribution in [2.45, 2.75) is 13.0 Å². The Labute approximate surface area is 113 Å². The molecule has 100 valence electrons. The zero-order valence-corrected chi connectivity index (χ0v) is 11.3. The van der Waals surface area contributed by atoms with Crippen molar-refractivity contribution in [2.24, 2.45) is 0 Å². The van der Waals surface area contributed by atoms with Gasteiger partial charge in [-0.1, -0.05) is 24.3 Å². The van der Waals surface area contributed by atoms with Crippen LogP contribution in [0.5, 0.6) is 5.75 Å². The lowest BCUT2D eigenvalue weighted by molar-refractivity contribution is 0.334.